The van der Waals surface area contributed by atoms with Crippen molar-refractivity contribution in [1.29, 1.82) is 0 Å². The van der Waals surface area contributed by atoms with Gasteiger partial charge >= 0.3 is 0 Å². The number of thioether (sulfide) groups is 1. The SMILES string of the molecule is CCCCC1(CC)CN(c2ccccc2)c2cc(SC)c(CO)cc2S(=O)(=O)N1PC. The molecule has 0 bridgehead atoms. The Bertz CT molecular complexity index is 1000. The molecule has 31 heavy (non-hydrogen) atoms. The van der Waals surface area contributed by atoms with Crippen LogP contribution in [0, 0.1) is 0 Å². The standard InChI is InChI=1S/C23H33N2O3PS2/c1-5-7-13-23(6-2)17-24(19-11-9-8-10-12-19)20-15-21(30-4)18(16-26)14-22(20)31(27,28)25(23)29-3/h8-12,14-15,26,29H,5-7,13,16-17H2,1-4H3. The third-order valence-electron chi connectivity index (χ3n) is 6.15. The molecule has 1 aliphatic rings. The lowest BCUT2D eigenvalue weighted by Gasteiger charge is -2.42. The largest absolute Gasteiger partial charge is 0.392 e. The molecule has 2 aromatic carbocycles. The fraction of sp³-hybridized carbons (Fsp3) is 0.478. The van der Waals surface area contributed by atoms with Crippen LogP contribution in [-0.4, -0.2) is 42.6 Å². The van der Waals surface area contributed by atoms with Crippen molar-refractivity contribution in [2.75, 3.05) is 24.4 Å². The minimum atomic E-state index is -3.73. The molecule has 0 saturated heterocycles. The number of fused-ring (bicyclic) bond motifs is 1. The van der Waals surface area contributed by atoms with Crippen LogP contribution in [0.25, 0.3) is 0 Å². The monoisotopic (exact) mass is 480 g/mol. The van der Waals surface area contributed by atoms with E-state index in [0.29, 0.717) is 22.7 Å². The molecule has 2 atom stereocenters. The minimum absolute atomic E-state index is 0.129. The first-order chi connectivity index (χ1) is 14.9. The molecule has 5 nitrogen and oxygen atoms in total. The summed E-state index contributed by atoms with van der Waals surface area (Å²) in [6.07, 6.45) is 5.51. The minimum Gasteiger partial charge on any atom is -0.392 e. The molecule has 0 saturated carbocycles. The lowest BCUT2D eigenvalue weighted by atomic mass is 9.89. The van der Waals surface area contributed by atoms with Gasteiger partial charge in [-0.2, -0.15) is 4.08 Å². The molecule has 0 amide bonds. The smallest absolute Gasteiger partial charge is 0.248 e. The molecule has 0 spiro atoms. The van der Waals surface area contributed by atoms with E-state index in [0.717, 1.165) is 36.3 Å². The summed E-state index contributed by atoms with van der Waals surface area (Å²) >= 11 is 1.53. The van der Waals surface area contributed by atoms with E-state index in [-0.39, 0.29) is 15.3 Å². The summed E-state index contributed by atoms with van der Waals surface area (Å²) in [5.74, 6) is 0. The van der Waals surface area contributed by atoms with Gasteiger partial charge in [-0.25, -0.2) is 8.42 Å². The highest BCUT2D eigenvalue weighted by molar-refractivity contribution is 7.98. The molecule has 0 fully saturated rings. The van der Waals surface area contributed by atoms with E-state index in [4.69, 9.17) is 0 Å². The van der Waals surface area contributed by atoms with Gasteiger partial charge in [0, 0.05) is 17.1 Å². The average molecular weight is 481 g/mol. The van der Waals surface area contributed by atoms with Crippen molar-refractivity contribution >= 4 is 41.9 Å². The number of hydrogen-bond donors (Lipinski definition) is 1. The summed E-state index contributed by atoms with van der Waals surface area (Å²) in [7, 11) is -3.61. The Morgan fingerprint density at radius 1 is 1.19 bits per heavy atom. The van der Waals surface area contributed by atoms with Crippen molar-refractivity contribution in [2.45, 2.75) is 61.5 Å². The van der Waals surface area contributed by atoms with Crippen molar-refractivity contribution < 1.29 is 13.5 Å². The van der Waals surface area contributed by atoms with E-state index in [1.807, 2.05) is 49.3 Å². The molecular formula is C23H33N2O3PS2. The highest BCUT2D eigenvalue weighted by atomic mass is 32.2. The number of aliphatic hydroxyl groups is 1. The van der Waals surface area contributed by atoms with E-state index in [1.54, 1.807) is 10.1 Å². The molecule has 0 radical (unpaired) electrons. The molecule has 8 heteroatoms. The van der Waals surface area contributed by atoms with Crippen LogP contribution in [0.5, 0.6) is 0 Å². The van der Waals surface area contributed by atoms with Gasteiger partial charge in [-0.3, -0.25) is 0 Å². The van der Waals surface area contributed by atoms with Crippen LogP contribution in [0.1, 0.15) is 45.1 Å². The Morgan fingerprint density at radius 3 is 2.45 bits per heavy atom. The number of anilines is 2. The van der Waals surface area contributed by atoms with Crippen LogP contribution in [0.15, 0.2) is 52.3 Å². The third-order valence-corrected chi connectivity index (χ3v) is 10.9. The number of unbranched alkanes of at least 4 members (excludes halogenated alkanes) is 1. The van der Waals surface area contributed by atoms with Gasteiger partial charge in [0.05, 0.1) is 17.8 Å². The molecule has 2 aromatic rings. The molecule has 0 aromatic heterocycles. The first-order valence-corrected chi connectivity index (χ1v) is 14.9. The molecule has 1 aliphatic heterocycles. The summed E-state index contributed by atoms with van der Waals surface area (Å²) < 4.78 is 29.9. The van der Waals surface area contributed by atoms with E-state index >= 15 is 0 Å². The van der Waals surface area contributed by atoms with E-state index in [9.17, 15) is 13.5 Å². The maximum absolute atomic E-state index is 14.1. The summed E-state index contributed by atoms with van der Waals surface area (Å²) in [6.45, 7) is 6.62. The molecule has 1 heterocycles. The predicted octanol–water partition coefficient (Wildman–Crippen LogP) is 5.61. The Kier molecular flexibility index (Phi) is 8.09. The molecule has 0 aliphatic carbocycles. The maximum atomic E-state index is 14.1. The quantitative estimate of drug-likeness (QED) is 0.393. The Balaban J connectivity index is 2.36. The fourth-order valence-electron chi connectivity index (χ4n) is 4.43. The summed E-state index contributed by atoms with van der Waals surface area (Å²) in [4.78, 5) is 3.37. The van der Waals surface area contributed by atoms with Gasteiger partial charge in [0.1, 0.15) is 4.90 Å². The highest BCUT2D eigenvalue weighted by Gasteiger charge is 2.47. The molecule has 1 N–H and O–H groups in total. The Hall–Kier alpha value is -1.11. The second-order valence-electron chi connectivity index (χ2n) is 7.89. The topological polar surface area (TPSA) is 60.9 Å². The Labute approximate surface area is 193 Å². The molecule has 3 rings (SSSR count). The van der Waals surface area contributed by atoms with Gasteiger partial charge < -0.3 is 10.0 Å². The first-order valence-electron chi connectivity index (χ1n) is 10.8. The van der Waals surface area contributed by atoms with Crippen molar-refractivity contribution in [3.05, 3.63) is 48.0 Å². The van der Waals surface area contributed by atoms with Crippen LogP contribution in [-0.2, 0) is 16.6 Å². The summed E-state index contributed by atoms with van der Waals surface area (Å²) in [5, 5.41) is 9.93. The maximum Gasteiger partial charge on any atom is 0.248 e. The first kappa shape index (κ1) is 24.5. The normalized spacial score (nSPS) is 21.4. The number of benzene rings is 2. The van der Waals surface area contributed by atoms with Gasteiger partial charge in [0.25, 0.3) is 0 Å². The van der Waals surface area contributed by atoms with Crippen molar-refractivity contribution in [3.8, 4) is 0 Å². The Morgan fingerprint density at radius 2 is 1.90 bits per heavy atom. The highest BCUT2D eigenvalue weighted by Crippen LogP contribution is 2.48. The van der Waals surface area contributed by atoms with Gasteiger partial charge in [0.15, 0.2) is 0 Å². The zero-order valence-corrected chi connectivity index (χ0v) is 21.4. The number of sulfonamides is 1. The van der Waals surface area contributed by atoms with E-state index < -0.39 is 15.6 Å². The lowest BCUT2D eigenvalue weighted by molar-refractivity contribution is 0.256. The van der Waals surface area contributed by atoms with Gasteiger partial charge in [-0.1, -0.05) is 44.9 Å². The number of rotatable bonds is 8. The van der Waals surface area contributed by atoms with Crippen LogP contribution in [0.3, 0.4) is 0 Å². The molecule has 170 valence electrons. The molecular weight excluding hydrogens is 447 g/mol. The van der Waals surface area contributed by atoms with Crippen LogP contribution in [0.2, 0.25) is 0 Å². The second kappa shape index (κ2) is 10.2. The van der Waals surface area contributed by atoms with Crippen molar-refractivity contribution in [1.82, 2.24) is 4.08 Å². The lowest BCUT2D eigenvalue weighted by Crippen LogP contribution is -2.51. The predicted molar refractivity (Wildman–Crippen MR) is 133 cm³/mol. The zero-order valence-electron chi connectivity index (χ0n) is 18.8. The fourth-order valence-corrected chi connectivity index (χ4v) is 8.83. The van der Waals surface area contributed by atoms with Crippen molar-refractivity contribution in [3.63, 3.8) is 0 Å². The van der Waals surface area contributed by atoms with E-state index in [2.05, 4.69) is 18.7 Å². The van der Waals surface area contributed by atoms with E-state index in [1.165, 1.54) is 11.8 Å². The van der Waals surface area contributed by atoms with Crippen LogP contribution in [0.4, 0.5) is 11.4 Å². The van der Waals surface area contributed by atoms with Gasteiger partial charge in [-0.05, 0) is 64.3 Å². The number of aliphatic hydroxyl groups excluding tert-OH is 1. The van der Waals surface area contributed by atoms with Crippen LogP contribution < -0.4 is 4.90 Å². The zero-order chi connectivity index (χ0) is 22.6. The van der Waals surface area contributed by atoms with Gasteiger partial charge in [0.2, 0.25) is 10.0 Å². The molecule has 2 unspecified atom stereocenters. The summed E-state index contributed by atoms with van der Waals surface area (Å²) in [5.41, 5.74) is 1.84. The average Bonchev–Trinajstić information content (AvgIpc) is 2.87. The number of hydrogen-bond acceptors (Lipinski definition) is 5. The third kappa shape index (κ3) is 4.53. The van der Waals surface area contributed by atoms with Crippen LogP contribution >= 0.6 is 20.5 Å². The number of para-hydroxylation sites is 1. The summed E-state index contributed by atoms with van der Waals surface area (Å²) in [6, 6.07) is 13.7. The van der Waals surface area contributed by atoms with Crippen molar-refractivity contribution in [2.24, 2.45) is 0 Å². The van der Waals surface area contributed by atoms with Gasteiger partial charge in [-0.15, -0.1) is 11.8 Å². The second-order valence-corrected chi connectivity index (χ2v) is 11.7. The number of nitrogens with zero attached hydrogens (tertiary/aromatic N) is 2.